The first-order valence-corrected chi connectivity index (χ1v) is 11.7. The fourth-order valence-corrected chi connectivity index (χ4v) is 4.21. The molecular formula is C28H41NO4. The Bertz CT molecular complexity index is 984. The second-order valence-corrected chi connectivity index (χ2v) is 10.5. The van der Waals surface area contributed by atoms with Crippen LogP contribution in [0, 0.1) is 19.3 Å². The highest BCUT2D eigenvalue weighted by atomic mass is 16.5. The summed E-state index contributed by atoms with van der Waals surface area (Å²) in [5.74, 6) is 0.0141. The van der Waals surface area contributed by atoms with Gasteiger partial charge in [-0.05, 0) is 72.9 Å². The molecule has 0 aliphatic rings. The topological polar surface area (TPSA) is 92.8 Å². The average molecular weight is 456 g/mol. The summed E-state index contributed by atoms with van der Waals surface area (Å²) in [6, 6.07) is 12.1. The molecule has 2 unspecified atom stereocenters. The van der Waals surface area contributed by atoms with E-state index < -0.39 is 17.6 Å². The van der Waals surface area contributed by atoms with Crippen molar-refractivity contribution in [3.63, 3.8) is 0 Å². The average Bonchev–Trinajstić information content (AvgIpc) is 2.73. The van der Waals surface area contributed by atoms with Crippen molar-refractivity contribution in [2.24, 2.45) is 11.1 Å². The van der Waals surface area contributed by atoms with E-state index in [-0.39, 0.29) is 17.4 Å². The van der Waals surface area contributed by atoms with Gasteiger partial charge in [0, 0.05) is 5.41 Å². The summed E-state index contributed by atoms with van der Waals surface area (Å²) in [5.41, 5.74) is 8.53. The Morgan fingerprint density at radius 1 is 0.970 bits per heavy atom. The second kappa shape index (κ2) is 9.86. The molecule has 33 heavy (non-hydrogen) atoms. The smallest absolute Gasteiger partial charge is 0.250 e. The molecule has 182 valence electrons. The molecule has 0 aliphatic heterocycles. The van der Waals surface area contributed by atoms with Gasteiger partial charge < -0.3 is 20.7 Å². The van der Waals surface area contributed by atoms with Crippen LogP contribution < -0.4 is 10.5 Å². The Balaban J connectivity index is 2.42. The van der Waals surface area contributed by atoms with Crippen LogP contribution in [0.2, 0.25) is 0 Å². The minimum Gasteiger partial charge on any atom is -0.490 e. The third-order valence-corrected chi connectivity index (χ3v) is 7.45. The lowest BCUT2D eigenvalue weighted by Crippen LogP contribution is -2.45. The van der Waals surface area contributed by atoms with E-state index in [9.17, 15) is 15.0 Å². The van der Waals surface area contributed by atoms with Crippen LogP contribution in [-0.2, 0) is 10.2 Å². The van der Waals surface area contributed by atoms with Crippen molar-refractivity contribution in [1.29, 1.82) is 0 Å². The van der Waals surface area contributed by atoms with Gasteiger partial charge in [0.25, 0.3) is 5.91 Å². The molecule has 0 aliphatic carbocycles. The molecule has 5 nitrogen and oxygen atoms in total. The molecule has 2 aromatic carbocycles. The zero-order chi connectivity index (χ0) is 25.2. The molecule has 2 aromatic rings. The molecule has 1 amide bonds. The van der Waals surface area contributed by atoms with E-state index >= 15 is 0 Å². The van der Waals surface area contributed by atoms with Crippen LogP contribution in [0.15, 0.2) is 36.4 Å². The van der Waals surface area contributed by atoms with Gasteiger partial charge in [-0.2, -0.15) is 0 Å². The number of aliphatic hydroxyl groups excluding tert-OH is 1. The van der Waals surface area contributed by atoms with Gasteiger partial charge in [0.05, 0.1) is 0 Å². The Labute approximate surface area is 199 Å². The summed E-state index contributed by atoms with van der Waals surface area (Å²) < 4.78 is 6.03. The van der Waals surface area contributed by atoms with Crippen molar-refractivity contribution in [3.8, 4) is 5.75 Å². The molecule has 0 fully saturated rings. The number of carbonyl (C=O) groups excluding carboxylic acids is 1. The quantitative estimate of drug-likeness (QED) is 0.490. The normalized spacial score (nSPS) is 15.1. The minimum atomic E-state index is -1.30. The van der Waals surface area contributed by atoms with Gasteiger partial charge in [0.1, 0.15) is 18.0 Å². The van der Waals surface area contributed by atoms with Gasteiger partial charge in [-0.25, -0.2) is 0 Å². The lowest BCUT2D eigenvalue weighted by Gasteiger charge is -2.37. The number of ether oxygens (including phenoxy) is 1. The van der Waals surface area contributed by atoms with Gasteiger partial charge >= 0.3 is 0 Å². The Morgan fingerprint density at radius 3 is 1.91 bits per heavy atom. The monoisotopic (exact) mass is 455 g/mol. The van der Waals surface area contributed by atoms with Gasteiger partial charge in [0.15, 0.2) is 6.10 Å². The maximum absolute atomic E-state index is 11.5. The number of amides is 1. The summed E-state index contributed by atoms with van der Waals surface area (Å²) in [6.07, 6.45) is 0.471. The number of primary amides is 1. The SMILES string of the molecule is CCC(CC)(c1ccc(OCC(C)(O)C(C)(C)C)c(C)c1)c1ccc(C(O)C(N)=O)c(C)c1. The van der Waals surface area contributed by atoms with E-state index in [2.05, 4.69) is 32.0 Å². The van der Waals surface area contributed by atoms with E-state index in [0.29, 0.717) is 5.56 Å². The van der Waals surface area contributed by atoms with Gasteiger partial charge in [0.2, 0.25) is 0 Å². The first kappa shape index (κ1) is 26.9. The van der Waals surface area contributed by atoms with E-state index in [1.807, 2.05) is 46.8 Å². The molecule has 0 spiro atoms. The zero-order valence-corrected chi connectivity index (χ0v) is 21.5. The summed E-state index contributed by atoms with van der Waals surface area (Å²) in [5, 5.41) is 20.9. The lowest BCUT2D eigenvalue weighted by molar-refractivity contribution is -0.126. The maximum Gasteiger partial charge on any atom is 0.250 e. The second-order valence-electron chi connectivity index (χ2n) is 10.5. The van der Waals surface area contributed by atoms with E-state index in [1.165, 1.54) is 5.56 Å². The van der Waals surface area contributed by atoms with Gasteiger partial charge in [-0.15, -0.1) is 0 Å². The highest BCUT2D eigenvalue weighted by molar-refractivity contribution is 5.80. The molecule has 0 bridgehead atoms. The van der Waals surface area contributed by atoms with Crippen molar-refractivity contribution in [3.05, 3.63) is 64.2 Å². The van der Waals surface area contributed by atoms with Crippen molar-refractivity contribution >= 4 is 5.91 Å². The van der Waals surface area contributed by atoms with Crippen molar-refractivity contribution in [2.75, 3.05) is 6.61 Å². The van der Waals surface area contributed by atoms with Crippen LogP contribution in [0.25, 0.3) is 0 Å². The summed E-state index contributed by atoms with van der Waals surface area (Å²) in [7, 11) is 0. The highest BCUT2D eigenvalue weighted by Gasteiger charge is 2.36. The molecule has 0 heterocycles. The number of carbonyl (C=O) groups is 1. The Kier molecular flexibility index (Phi) is 8.03. The van der Waals surface area contributed by atoms with Crippen LogP contribution >= 0.6 is 0 Å². The number of nitrogens with two attached hydrogens (primary N) is 1. The number of aryl methyl sites for hydroxylation is 2. The zero-order valence-electron chi connectivity index (χ0n) is 21.5. The first-order valence-electron chi connectivity index (χ1n) is 11.7. The number of rotatable bonds is 9. The summed E-state index contributed by atoms with van der Waals surface area (Å²) in [4.78, 5) is 11.5. The molecule has 0 radical (unpaired) electrons. The lowest BCUT2D eigenvalue weighted by atomic mass is 9.69. The fraction of sp³-hybridized carbons (Fsp3) is 0.536. The van der Waals surface area contributed by atoms with Crippen molar-refractivity contribution < 1.29 is 19.7 Å². The van der Waals surface area contributed by atoms with Crippen molar-refractivity contribution in [1.82, 2.24) is 0 Å². The van der Waals surface area contributed by atoms with E-state index in [1.54, 1.807) is 13.0 Å². The van der Waals surface area contributed by atoms with Gasteiger partial charge in [-0.1, -0.05) is 65.0 Å². The van der Waals surface area contributed by atoms with Crippen LogP contribution in [0.5, 0.6) is 5.75 Å². The number of hydrogen-bond donors (Lipinski definition) is 3. The molecule has 2 rings (SSSR count). The summed E-state index contributed by atoms with van der Waals surface area (Å²) in [6.45, 7) is 16.3. The molecule has 4 N–H and O–H groups in total. The highest BCUT2D eigenvalue weighted by Crippen LogP contribution is 2.41. The Hall–Kier alpha value is -2.37. The standard InChI is InChI=1S/C28H41NO4/c1-9-28(10-2,20-11-13-22(18(3)15-20)24(30)25(29)31)21-12-14-23(19(4)16-21)33-17-27(8,32)26(5,6)7/h11-16,24,30,32H,9-10,17H2,1-8H3,(H2,29,31). The van der Waals surface area contributed by atoms with E-state index in [4.69, 9.17) is 10.5 Å². The van der Waals surface area contributed by atoms with Crippen LogP contribution in [0.4, 0.5) is 0 Å². The third kappa shape index (κ3) is 5.42. The number of hydrogen-bond acceptors (Lipinski definition) is 4. The molecule has 0 aromatic heterocycles. The number of aliphatic hydroxyl groups is 2. The van der Waals surface area contributed by atoms with Gasteiger partial charge in [-0.3, -0.25) is 4.79 Å². The maximum atomic E-state index is 11.5. The predicted octanol–water partition coefficient (Wildman–Crippen LogP) is 5.10. The molecular weight excluding hydrogens is 414 g/mol. The van der Waals surface area contributed by atoms with Crippen LogP contribution in [-0.4, -0.2) is 28.3 Å². The number of benzene rings is 2. The predicted molar refractivity (Wildman–Crippen MR) is 133 cm³/mol. The molecule has 5 heteroatoms. The minimum absolute atomic E-state index is 0.215. The third-order valence-electron chi connectivity index (χ3n) is 7.45. The summed E-state index contributed by atoms with van der Waals surface area (Å²) >= 11 is 0. The molecule has 2 atom stereocenters. The van der Waals surface area contributed by atoms with Crippen LogP contribution in [0.1, 0.15) is 88.3 Å². The largest absolute Gasteiger partial charge is 0.490 e. The molecule has 0 saturated heterocycles. The fourth-order valence-electron chi connectivity index (χ4n) is 4.21. The molecule has 0 saturated carbocycles. The van der Waals surface area contributed by atoms with Crippen molar-refractivity contribution in [2.45, 2.75) is 85.4 Å². The van der Waals surface area contributed by atoms with E-state index in [0.717, 1.165) is 35.3 Å². The first-order chi connectivity index (χ1) is 15.2. The van der Waals surface area contributed by atoms with Crippen LogP contribution in [0.3, 0.4) is 0 Å². The Morgan fingerprint density at radius 2 is 1.48 bits per heavy atom.